The normalized spacial score (nSPS) is 11.0. The minimum Gasteiger partial charge on any atom is -0.493 e. The second kappa shape index (κ2) is 8.98. The molecule has 1 heterocycles. The zero-order valence-electron chi connectivity index (χ0n) is 15.5. The van der Waals surface area contributed by atoms with E-state index in [0.29, 0.717) is 21.5 Å². The van der Waals surface area contributed by atoms with Crippen LogP contribution in [-0.2, 0) is 6.61 Å². The van der Waals surface area contributed by atoms with Crippen molar-refractivity contribution in [3.8, 4) is 11.5 Å². The van der Waals surface area contributed by atoms with Gasteiger partial charge in [0, 0.05) is 15.6 Å². The van der Waals surface area contributed by atoms with E-state index >= 15 is 0 Å². The number of nitrogens with zero attached hydrogens (tertiary/aromatic N) is 2. The molecule has 7 nitrogen and oxygen atoms in total. The Labute approximate surface area is 176 Å². The fourth-order valence-electron chi connectivity index (χ4n) is 2.59. The highest BCUT2D eigenvalue weighted by molar-refractivity contribution is 6.35. The average molecular weight is 435 g/mol. The molecule has 150 valence electrons. The van der Waals surface area contributed by atoms with Crippen LogP contribution in [0.3, 0.4) is 0 Å². The van der Waals surface area contributed by atoms with Gasteiger partial charge in [-0.25, -0.2) is 0 Å². The standard InChI is InChI=1S/C20H16Cl2N2O5/c1-12-20(24(25)26)18(29-23-12)8-4-13-3-7-17(19(9-13)27-2)28-11-14-5-6-15(21)10-16(14)22/h3-10H,11H2,1-2H3. The maximum Gasteiger partial charge on any atom is 0.338 e. The van der Waals surface area contributed by atoms with Crippen LogP contribution in [-0.4, -0.2) is 17.2 Å². The lowest BCUT2D eigenvalue weighted by atomic mass is 10.1. The topological polar surface area (TPSA) is 87.6 Å². The molecule has 0 spiro atoms. The Kier molecular flexibility index (Phi) is 6.41. The Morgan fingerprint density at radius 3 is 2.66 bits per heavy atom. The van der Waals surface area contributed by atoms with Gasteiger partial charge in [-0.2, -0.15) is 0 Å². The lowest BCUT2D eigenvalue weighted by molar-refractivity contribution is -0.386. The van der Waals surface area contributed by atoms with Crippen molar-refractivity contribution in [2.75, 3.05) is 7.11 Å². The molecule has 0 unspecified atom stereocenters. The molecule has 0 saturated carbocycles. The minimum atomic E-state index is -0.523. The Morgan fingerprint density at radius 2 is 1.97 bits per heavy atom. The highest BCUT2D eigenvalue weighted by Gasteiger charge is 2.21. The molecule has 9 heteroatoms. The molecule has 1 aromatic heterocycles. The first-order chi connectivity index (χ1) is 13.9. The van der Waals surface area contributed by atoms with Crippen molar-refractivity contribution in [3.05, 3.63) is 79.1 Å². The van der Waals surface area contributed by atoms with Crippen molar-refractivity contribution in [1.29, 1.82) is 0 Å². The maximum absolute atomic E-state index is 11.1. The summed E-state index contributed by atoms with van der Waals surface area (Å²) in [4.78, 5) is 10.6. The minimum absolute atomic E-state index is 0.0733. The molecule has 2 aromatic carbocycles. The number of hydrogen-bond donors (Lipinski definition) is 0. The van der Waals surface area contributed by atoms with Crippen molar-refractivity contribution >= 4 is 41.0 Å². The summed E-state index contributed by atoms with van der Waals surface area (Å²) >= 11 is 12.1. The quantitative estimate of drug-likeness (QED) is 0.336. The second-order valence-electron chi connectivity index (χ2n) is 6.01. The summed E-state index contributed by atoms with van der Waals surface area (Å²) in [5, 5.41) is 15.8. The zero-order chi connectivity index (χ0) is 21.0. The van der Waals surface area contributed by atoms with Gasteiger partial charge in [0.2, 0.25) is 5.76 Å². The van der Waals surface area contributed by atoms with E-state index < -0.39 is 4.92 Å². The van der Waals surface area contributed by atoms with Crippen molar-refractivity contribution < 1.29 is 18.9 Å². The van der Waals surface area contributed by atoms with Gasteiger partial charge in [0.05, 0.1) is 12.0 Å². The van der Waals surface area contributed by atoms with Crippen LogP contribution >= 0.6 is 23.2 Å². The summed E-state index contributed by atoms with van der Waals surface area (Å²) in [6.45, 7) is 1.76. The number of ether oxygens (including phenoxy) is 2. The van der Waals surface area contributed by atoms with Crippen molar-refractivity contribution in [1.82, 2.24) is 5.16 Å². The van der Waals surface area contributed by atoms with Gasteiger partial charge in [0.1, 0.15) is 6.61 Å². The van der Waals surface area contributed by atoms with Gasteiger partial charge in [-0.1, -0.05) is 46.6 Å². The number of methoxy groups -OCH3 is 1. The van der Waals surface area contributed by atoms with Crippen LogP contribution in [0.5, 0.6) is 11.5 Å². The van der Waals surface area contributed by atoms with Crippen molar-refractivity contribution in [2.24, 2.45) is 0 Å². The summed E-state index contributed by atoms with van der Waals surface area (Å²) in [5.74, 6) is 1.10. The van der Waals surface area contributed by atoms with E-state index in [1.54, 1.807) is 42.5 Å². The molecule has 0 aliphatic rings. The van der Waals surface area contributed by atoms with Crippen LogP contribution in [0.2, 0.25) is 10.0 Å². The Balaban J connectivity index is 1.77. The summed E-state index contributed by atoms with van der Waals surface area (Å²) in [5.41, 5.74) is 1.59. The maximum atomic E-state index is 11.1. The van der Waals surface area contributed by atoms with E-state index in [1.165, 1.54) is 20.1 Å². The molecule has 0 fully saturated rings. The number of halogens is 2. The van der Waals surface area contributed by atoms with Crippen LogP contribution in [0.1, 0.15) is 22.6 Å². The summed E-state index contributed by atoms with van der Waals surface area (Å²) in [6, 6.07) is 10.4. The third-order valence-corrected chi connectivity index (χ3v) is 4.64. The Morgan fingerprint density at radius 1 is 1.17 bits per heavy atom. The second-order valence-corrected chi connectivity index (χ2v) is 6.85. The third-order valence-electron chi connectivity index (χ3n) is 4.05. The Hall–Kier alpha value is -3.03. The smallest absolute Gasteiger partial charge is 0.338 e. The molecule has 0 aliphatic heterocycles. The molecule has 0 bridgehead atoms. The summed E-state index contributed by atoms with van der Waals surface area (Å²) in [7, 11) is 1.52. The molecule has 0 atom stereocenters. The zero-order valence-corrected chi connectivity index (χ0v) is 17.0. The molecule has 0 aliphatic carbocycles. The van der Waals surface area contributed by atoms with E-state index in [1.807, 2.05) is 0 Å². The number of nitro groups is 1. The average Bonchev–Trinajstić information content (AvgIpc) is 3.06. The third kappa shape index (κ3) is 4.88. The van der Waals surface area contributed by atoms with Gasteiger partial charge in [-0.3, -0.25) is 10.1 Å². The van der Waals surface area contributed by atoms with Crippen molar-refractivity contribution in [3.63, 3.8) is 0 Å². The Bertz CT molecular complexity index is 1080. The number of aryl methyl sites for hydroxylation is 1. The molecule has 29 heavy (non-hydrogen) atoms. The highest BCUT2D eigenvalue weighted by Crippen LogP contribution is 2.31. The van der Waals surface area contributed by atoms with Crippen molar-refractivity contribution in [2.45, 2.75) is 13.5 Å². The fraction of sp³-hybridized carbons (Fsp3) is 0.150. The van der Waals surface area contributed by atoms with E-state index in [4.69, 9.17) is 37.2 Å². The number of aromatic nitrogens is 1. The van der Waals surface area contributed by atoms with E-state index in [0.717, 1.165) is 11.1 Å². The van der Waals surface area contributed by atoms with Crippen LogP contribution in [0.25, 0.3) is 12.2 Å². The molecular formula is C20H16Cl2N2O5. The summed E-state index contributed by atoms with van der Waals surface area (Å²) < 4.78 is 16.2. The van der Waals surface area contributed by atoms with Crippen LogP contribution in [0.15, 0.2) is 40.9 Å². The highest BCUT2D eigenvalue weighted by atomic mass is 35.5. The lowest BCUT2D eigenvalue weighted by Crippen LogP contribution is -1.98. The first-order valence-corrected chi connectivity index (χ1v) is 9.18. The van der Waals surface area contributed by atoms with Gasteiger partial charge in [-0.15, -0.1) is 0 Å². The van der Waals surface area contributed by atoms with Crippen LogP contribution in [0.4, 0.5) is 5.69 Å². The number of hydrogen-bond acceptors (Lipinski definition) is 6. The van der Waals surface area contributed by atoms with Gasteiger partial charge < -0.3 is 14.0 Å². The molecule has 0 radical (unpaired) electrons. The van der Waals surface area contributed by atoms with Gasteiger partial charge >= 0.3 is 5.69 Å². The largest absolute Gasteiger partial charge is 0.493 e. The molecule has 0 saturated heterocycles. The SMILES string of the molecule is COc1cc(C=Cc2onc(C)c2[N+](=O)[O-])ccc1OCc1ccc(Cl)cc1Cl. The van der Waals surface area contributed by atoms with E-state index in [9.17, 15) is 10.1 Å². The number of rotatable bonds is 7. The van der Waals surface area contributed by atoms with Gasteiger partial charge in [-0.05, 0) is 42.8 Å². The molecule has 0 amide bonds. The van der Waals surface area contributed by atoms with Crippen LogP contribution < -0.4 is 9.47 Å². The van der Waals surface area contributed by atoms with E-state index in [-0.39, 0.29) is 23.7 Å². The van der Waals surface area contributed by atoms with E-state index in [2.05, 4.69) is 5.16 Å². The first-order valence-electron chi connectivity index (χ1n) is 8.42. The molecular weight excluding hydrogens is 419 g/mol. The summed E-state index contributed by atoms with van der Waals surface area (Å²) in [6.07, 6.45) is 3.15. The predicted molar refractivity (Wildman–Crippen MR) is 111 cm³/mol. The number of benzene rings is 2. The monoisotopic (exact) mass is 434 g/mol. The predicted octanol–water partition coefficient (Wildman–Crippen LogP) is 5.96. The van der Waals surface area contributed by atoms with Gasteiger partial charge in [0.15, 0.2) is 17.2 Å². The first kappa shape index (κ1) is 20.7. The van der Waals surface area contributed by atoms with Gasteiger partial charge in [0.25, 0.3) is 0 Å². The molecule has 0 N–H and O–H groups in total. The lowest BCUT2D eigenvalue weighted by Gasteiger charge is -2.12. The fourth-order valence-corrected chi connectivity index (χ4v) is 3.05. The molecule has 3 rings (SSSR count). The molecule has 3 aromatic rings. The van der Waals surface area contributed by atoms with Crippen LogP contribution in [0, 0.1) is 17.0 Å².